The van der Waals surface area contributed by atoms with Crippen LogP contribution in [0.15, 0.2) is 18.2 Å². The summed E-state index contributed by atoms with van der Waals surface area (Å²) in [7, 11) is 1.53. The number of nitrogens with zero attached hydrogens (tertiary/aromatic N) is 1. The van der Waals surface area contributed by atoms with Gasteiger partial charge in [-0.05, 0) is 62.1 Å². The zero-order valence-electron chi connectivity index (χ0n) is 15.9. The molecule has 2 aliphatic rings. The molecular weight excluding hydrogens is 328 g/mol. The summed E-state index contributed by atoms with van der Waals surface area (Å²) in [6.45, 7) is 3.44. The third-order valence-corrected chi connectivity index (χ3v) is 5.72. The Morgan fingerprint density at radius 3 is 2.58 bits per heavy atom. The van der Waals surface area contributed by atoms with E-state index >= 15 is 0 Å². The second-order valence-corrected chi connectivity index (χ2v) is 7.55. The number of hydrogen-bond donors (Lipinski definition) is 1. The minimum absolute atomic E-state index is 0.00813. The van der Waals surface area contributed by atoms with E-state index < -0.39 is 0 Å². The van der Waals surface area contributed by atoms with Gasteiger partial charge in [-0.2, -0.15) is 0 Å². The molecule has 0 saturated carbocycles. The molecule has 0 aromatic heterocycles. The largest absolute Gasteiger partial charge is 0.375 e. The van der Waals surface area contributed by atoms with Crippen LogP contribution in [0.1, 0.15) is 55.3 Å². The van der Waals surface area contributed by atoms with Crippen LogP contribution in [0.3, 0.4) is 0 Å². The van der Waals surface area contributed by atoms with Crippen LogP contribution in [-0.2, 0) is 27.2 Å². The maximum atomic E-state index is 12.6. The van der Waals surface area contributed by atoms with Gasteiger partial charge in [-0.15, -0.1) is 0 Å². The van der Waals surface area contributed by atoms with Crippen LogP contribution >= 0.6 is 0 Å². The summed E-state index contributed by atoms with van der Waals surface area (Å²) in [4.78, 5) is 26.3. The number of amides is 2. The third kappa shape index (κ3) is 4.44. The molecule has 1 aliphatic carbocycles. The van der Waals surface area contributed by atoms with E-state index in [4.69, 9.17) is 4.74 Å². The molecule has 1 aromatic carbocycles. The molecule has 0 unspecified atom stereocenters. The van der Waals surface area contributed by atoms with Gasteiger partial charge in [-0.3, -0.25) is 9.59 Å². The van der Waals surface area contributed by atoms with Gasteiger partial charge >= 0.3 is 0 Å². The summed E-state index contributed by atoms with van der Waals surface area (Å²) in [6.07, 6.45) is 6.31. The zero-order chi connectivity index (χ0) is 18.5. The number of methoxy groups -OCH3 is 1. The fourth-order valence-corrected chi connectivity index (χ4v) is 4.04. The molecule has 142 valence electrons. The molecule has 1 fully saturated rings. The fraction of sp³-hybridized carbons (Fsp3) is 0.619. The molecule has 1 aliphatic heterocycles. The summed E-state index contributed by atoms with van der Waals surface area (Å²) in [6, 6.07) is 6.67. The minimum atomic E-state index is -0.0123. The third-order valence-electron chi connectivity index (χ3n) is 5.72. The molecule has 0 bridgehead atoms. The van der Waals surface area contributed by atoms with Crippen molar-refractivity contribution >= 4 is 11.8 Å². The van der Waals surface area contributed by atoms with Crippen LogP contribution in [0.2, 0.25) is 0 Å². The van der Waals surface area contributed by atoms with E-state index in [0.29, 0.717) is 13.1 Å². The number of hydrogen-bond acceptors (Lipinski definition) is 3. The molecule has 1 N–H and O–H groups in total. The Morgan fingerprint density at radius 2 is 1.88 bits per heavy atom. The van der Waals surface area contributed by atoms with E-state index in [1.807, 2.05) is 0 Å². The van der Waals surface area contributed by atoms with Crippen molar-refractivity contribution in [2.75, 3.05) is 26.8 Å². The van der Waals surface area contributed by atoms with Gasteiger partial charge in [-0.1, -0.05) is 18.2 Å². The van der Waals surface area contributed by atoms with E-state index in [1.54, 1.807) is 4.90 Å². The molecule has 5 nitrogen and oxygen atoms in total. The second kappa shape index (κ2) is 8.67. The van der Waals surface area contributed by atoms with Gasteiger partial charge in [-0.25, -0.2) is 0 Å². The predicted molar refractivity (Wildman–Crippen MR) is 101 cm³/mol. The lowest BCUT2D eigenvalue weighted by atomic mass is 9.89. The van der Waals surface area contributed by atoms with Gasteiger partial charge in [0.2, 0.25) is 11.8 Å². The number of nitrogens with one attached hydrogen (secondary N) is 1. The zero-order valence-corrected chi connectivity index (χ0v) is 15.9. The smallest absolute Gasteiger partial charge is 0.248 e. The molecule has 1 saturated heterocycles. The summed E-state index contributed by atoms with van der Waals surface area (Å²) < 4.78 is 4.90. The van der Waals surface area contributed by atoms with Crippen molar-refractivity contribution in [3.8, 4) is 0 Å². The number of piperidine rings is 1. The van der Waals surface area contributed by atoms with Crippen molar-refractivity contribution in [1.82, 2.24) is 10.2 Å². The van der Waals surface area contributed by atoms with Crippen molar-refractivity contribution in [2.24, 2.45) is 5.92 Å². The summed E-state index contributed by atoms with van der Waals surface area (Å²) in [5.41, 5.74) is 4.10. The molecule has 0 radical (unpaired) electrons. The number of benzene rings is 1. The van der Waals surface area contributed by atoms with Crippen LogP contribution < -0.4 is 5.32 Å². The number of aryl methyl sites for hydroxylation is 2. The predicted octanol–water partition coefficient (Wildman–Crippen LogP) is 2.63. The second-order valence-electron chi connectivity index (χ2n) is 7.55. The average molecular weight is 358 g/mol. The Bertz CT molecular complexity index is 651. The maximum Gasteiger partial charge on any atom is 0.248 e. The molecule has 1 heterocycles. The Morgan fingerprint density at radius 1 is 1.19 bits per heavy atom. The standard InChI is InChI=1S/C21H30N2O3/c1-15(18-8-7-16-5-3-4-6-19(16)13-18)22-21(25)17-9-11-23(12-10-17)20(24)14-26-2/h7-8,13,15,17H,3-6,9-12,14H2,1-2H3,(H,22,25)/t15-/m1/s1. The lowest BCUT2D eigenvalue weighted by molar-refractivity contribution is -0.138. The lowest BCUT2D eigenvalue weighted by Crippen LogP contribution is -2.44. The van der Waals surface area contributed by atoms with E-state index in [0.717, 1.165) is 19.3 Å². The fourth-order valence-electron chi connectivity index (χ4n) is 4.04. The number of carbonyl (C=O) groups is 2. The molecule has 0 spiro atoms. The highest BCUT2D eigenvalue weighted by atomic mass is 16.5. The SMILES string of the molecule is COCC(=O)N1CCC(C(=O)N[C@H](C)c2ccc3c(c2)CCCC3)CC1. The minimum Gasteiger partial charge on any atom is -0.375 e. The number of fused-ring (bicyclic) bond motifs is 1. The number of rotatable bonds is 5. The average Bonchev–Trinajstić information content (AvgIpc) is 2.67. The lowest BCUT2D eigenvalue weighted by Gasteiger charge is -2.32. The van der Waals surface area contributed by atoms with Crippen molar-refractivity contribution in [1.29, 1.82) is 0 Å². The first-order valence-corrected chi connectivity index (χ1v) is 9.77. The number of ether oxygens (including phenoxy) is 1. The molecule has 5 heteroatoms. The highest BCUT2D eigenvalue weighted by molar-refractivity contribution is 5.80. The van der Waals surface area contributed by atoms with Gasteiger partial charge in [0.1, 0.15) is 6.61 Å². The normalized spacial score (nSPS) is 18.9. The van der Waals surface area contributed by atoms with Crippen molar-refractivity contribution in [2.45, 2.75) is 51.5 Å². The molecule has 26 heavy (non-hydrogen) atoms. The van der Waals surface area contributed by atoms with Gasteiger partial charge < -0.3 is 15.0 Å². The number of likely N-dealkylation sites (tertiary alicyclic amines) is 1. The van der Waals surface area contributed by atoms with E-state index in [-0.39, 0.29) is 30.4 Å². The number of carbonyl (C=O) groups excluding carboxylic acids is 2. The van der Waals surface area contributed by atoms with Gasteiger partial charge in [0, 0.05) is 26.1 Å². The van der Waals surface area contributed by atoms with Crippen LogP contribution in [0.5, 0.6) is 0 Å². The van der Waals surface area contributed by atoms with Crippen molar-refractivity contribution < 1.29 is 14.3 Å². The summed E-state index contributed by atoms with van der Waals surface area (Å²) in [5, 5.41) is 3.17. The van der Waals surface area contributed by atoms with Gasteiger partial charge in [0.05, 0.1) is 6.04 Å². The highest BCUT2D eigenvalue weighted by Crippen LogP contribution is 2.25. The summed E-state index contributed by atoms with van der Waals surface area (Å²) in [5.74, 6) is 0.101. The molecular formula is C21H30N2O3. The Kier molecular flexibility index (Phi) is 6.30. The van der Waals surface area contributed by atoms with Crippen LogP contribution in [0.4, 0.5) is 0 Å². The monoisotopic (exact) mass is 358 g/mol. The Balaban J connectivity index is 1.53. The first-order valence-electron chi connectivity index (χ1n) is 9.77. The van der Waals surface area contributed by atoms with Crippen molar-refractivity contribution in [3.05, 3.63) is 34.9 Å². The van der Waals surface area contributed by atoms with Crippen LogP contribution in [0, 0.1) is 5.92 Å². The van der Waals surface area contributed by atoms with Crippen molar-refractivity contribution in [3.63, 3.8) is 0 Å². The first-order chi connectivity index (χ1) is 12.6. The first kappa shape index (κ1) is 18.9. The molecule has 3 rings (SSSR count). The highest BCUT2D eigenvalue weighted by Gasteiger charge is 2.28. The van der Waals surface area contributed by atoms with Crippen LogP contribution in [0.25, 0.3) is 0 Å². The Labute approximate surface area is 156 Å². The van der Waals surface area contributed by atoms with E-state index in [9.17, 15) is 9.59 Å². The van der Waals surface area contributed by atoms with Gasteiger partial charge in [0.15, 0.2) is 0 Å². The quantitative estimate of drug-likeness (QED) is 0.880. The van der Waals surface area contributed by atoms with Gasteiger partial charge in [0.25, 0.3) is 0 Å². The Hall–Kier alpha value is -1.88. The topological polar surface area (TPSA) is 58.6 Å². The molecule has 1 aromatic rings. The molecule has 2 amide bonds. The van der Waals surface area contributed by atoms with E-state index in [1.165, 1.54) is 43.1 Å². The van der Waals surface area contributed by atoms with E-state index in [2.05, 4.69) is 30.4 Å². The summed E-state index contributed by atoms with van der Waals surface area (Å²) >= 11 is 0. The maximum absolute atomic E-state index is 12.6. The van der Waals surface area contributed by atoms with Crippen LogP contribution in [-0.4, -0.2) is 43.5 Å². The molecule has 1 atom stereocenters.